The van der Waals surface area contributed by atoms with Gasteiger partial charge in [-0.05, 0) is 60.9 Å². The van der Waals surface area contributed by atoms with Gasteiger partial charge in [0.05, 0.1) is 6.04 Å². The SMILES string of the molecule is O=C(N[C@@H](CCN1C[C@@H]2CN(C(=O)c3ccc(C(F)F)cn3)C[C@@H]2C1)c1cccc(F)c1)C1CCCC1. The molecule has 198 valence electrons. The largest absolute Gasteiger partial charge is 0.349 e. The Bertz CT molecular complexity index is 1090. The molecule has 1 aromatic heterocycles. The van der Waals surface area contributed by atoms with Crippen LogP contribution in [0.1, 0.15) is 66.2 Å². The number of amides is 2. The molecule has 2 aliphatic heterocycles. The van der Waals surface area contributed by atoms with Crippen molar-refractivity contribution in [1.29, 1.82) is 0 Å². The van der Waals surface area contributed by atoms with Crippen LogP contribution in [0.4, 0.5) is 13.2 Å². The van der Waals surface area contributed by atoms with E-state index in [-0.39, 0.29) is 40.8 Å². The average Bonchev–Trinajstić information content (AvgIpc) is 3.63. The molecule has 9 heteroatoms. The number of alkyl halides is 2. The monoisotopic (exact) mass is 514 g/mol. The van der Waals surface area contributed by atoms with E-state index >= 15 is 0 Å². The molecule has 1 aliphatic carbocycles. The van der Waals surface area contributed by atoms with Crippen molar-refractivity contribution >= 4 is 11.8 Å². The molecular weight excluding hydrogens is 481 g/mol. The minimum atomic E-state index is -2.61. The Kier molecular flexibility index (Phi) is 7.79. The van der Waals surface area contributed by atoms with Crippen molar-refractivity contribution in [3.05, 3.63) is 65.2 Å². The van der Waals surface area contributed by atoms with Crippen molar-refractivity contribution in [3.63, 3.8) is 0 Å². The zero-order valence-electron chi connectivity index (χ0n) is 20.8. The van der Waals surface area contributed by atoms with E-state index in [1.165, 1.54) is 24.3 Å². The third-order valence-corrected chi connectivity index (χ3v) is 8.13. The van der Waals surface area contributed by atoms with E-state index in [0.717, 1.165) is 57.1 Å². The molecule has 3 aliphatic rings. The maximum absolute atomic E-state index is 13.9. The first-order chi connectivity index (χ1) is 17.9. The molecule has 1 saturated carbocycles. The Labute approximate surface area is 215 Å². The van der Waals surface area contributed by atoms with Crippen molar-refractivity contribution < 1.29 is 22.8 Å². The Morgan fingerprint density at radius 2 is 1.73 bits per heavy atom. The number of rotatable bonds is 8. The topological polar surface area (TPSA) is 65.5 Å². The number of halogens is 3. The molecule has 3 atom stereocenters. The molecule has 2 aromatic rings. The molecule has 2 amide bonds. The van der Waals surface area contributed by atoms with Crippen LogP contribution in [-0.2, 0) is 4.79 Å². The molecule has 37 heavy (non-hydrogen) atoms. The highest BCUT2D eigenvalue weighted by Crippen LogP contribution is 2.33. The molecule has 1 aromatic carbocycles. The van der Waals surface area contributed by atoms with Crippen LogP contribution in [0.25, 0.3) is 0 Å². The van der Waals surface area contributed by atoms with E-state index in [9.17, 15) is 22.8 Å². The first-order valence-corrected chi connectivity index (χ1v) is 13.2. The van der Waals surface area contributed by atoms with Crippen LogP contribution in [0.2, 0.25) is 0 Å². The van der Waals surface area contributed by atoms with Gasteiger partial charge >= 0.3 is 0 Å². The molecule has 3 heterocycles. The first-order valence-electron chi connectivity index (χ1n) is 13.2. The highest BCUT2D eigenvalue weighted by atomic mass is 19.3. The van der Waals surface area contributed by atoms with Gasteiger partial charge in [-0.25, -0.2) is 13.2 Å². The number of benzene rings is 1. The third-order valence-electron chi connectivity index (χ3n) is 8.13. The second-order valence-electron chi connectivity index (χ2n) is 10.7. The standard InChI is InChI=1S/C28H33F3N4O2/c29-23-7-3-6-19(12-23)24(33-27(36)18-4-1-2-5-18)10-11-34-14-21-16-35(17-22(21)15-34)28(37)25-9-8-20(13-32-25)26(30)31/h3,6-9,12-13,18,21-22,24,26H,1-2,4-5,10-11,14-17H2,(H,33,36)/t21-,22+,24-/m0/s1. The predicted octanol–water partition coefficient (Wildman–Crippen LogP) is 4.60. The number of carbonyl (C=O) groups is 2. The van der Waals surface area contributed by atoms with Crippen LogP contribution >= 0.6 is 0 Å². The lowest BCUT2D eigenvalue weighted by Crippen LogP contribution is -2.36. The van der Waals surface area contributed by atoms with Gasteiger partial charge in [0.1, 0.15) is 11.5 Å². The van der Waals surface area contributed by atoms with Crippen molar-refractivity contribution in [2.24, 2.45) is 17.8 Å². The van der Waals surface area contributed by atoms with Gasteiger partial charge in [-0.15, -0.1) is 0 Å². The van der Waals surface area contributed by atoms with E-state index in [4.69, 9.17) is 0 Å². The van der Waals surface area contributed by atoms with Crippen LogP contribution in [0, 0.1) is 23.6 Å². The van der Waals surface area contributed by atoms with Gasteiger partial charge in [0.15, 0.2) is 0 Å². The lowest BCUT2D eigenvalue weighted by atomic mass is 10.0. The maximum atomic E-state index is 13.9. The highest BCUT2D eigenvalue weighted by molar-refractivity contribution is 5.92. The molecule has 2 saturated heterocycles. The van der Waals surface area contributed by atoms with E-state index in [1.54, 1.807) is 11.0 Å². The Morgan fingerprint density at radius 1 is 1.00 bits per heavy atom. The van der Waals surface area contributed by atoms with Gasteiger partial charge in [-0.3, -0.25) is 14.6 Å². The lowest BCUT2D eigenvalue weighted by molar-refractivity contribution is -0.125. The van der Waals surface area contributed by atoms with Crippen LogP contribution in [-0.4, -0.2) is 59.3 Å². The zero-order chi connectivity index (χ0) is 25.9. The van der Waals surface area contributed by atoms with Gasteiger partial charge in [-0.2, -0.15) is 0 Å². The summed E-state index contributed by atoms with van der Waals surface area (Å²) in [5.41, 5.74) is 0.784. The minimum absolute atomic E-state index is 0.0480. The number of hydrogen-bond donors (Lipinski definition) is 1. The molecule has 0 radical (unpaired) electrons. The van der Waals surface area contributed by atoms with E-state index in [0.29, 0.717) is 31.3 Å². The number of aromatic nitrogens is 1. The highest BCUT2D eigenvalue weighted by Gasteiger charge is 2.42. The molecule has 1 N–H and O–H groups in total. The Balaban J connectivity index is 1.15. The number of nitrogens with one attached hydrogen (secondary N) is 1. The van der Waals surface area contributed by atoms with Crippen molar-refractivity contribution in [3.8, 4) is 0 Å². The molecule has 6 nitrogen and oxygen atoms in total. The van der Waals surface area contributed by atoms with Crippen molar-refractivity contribution in [2.45, 2.75) is 44.6 Å². The third kappa shape index (κ3) is 5.98. The summed E-state index contributed by atoms with van der Waals surface area (Å²) in [7, 11) is 0. The smallest absolute Gasteiger partial charge is 0.272 e. The van der Waals surface area contributed by atoms with E-state index in [1.807, 2.05) is 6.07 Å². The van der Waals surface area contributed by atoms with Crippen LogP contribution in [0.15, 0.2) is 42.6 Å². The van der Waals surface area contributed by atoms with Gasteiger partial charge in [0, 0.05) is 50.4 Å². The summed E-state index contributed by atoms with van der Waals surface area (Å²) in [6.45, 7) is 3.69. The van der Waals surface area contributed by atoms with Crippen LogP contribution < -0.4 is 5.32 Å². The lowest BCUT2D eigenvalue weighted by Gasteiger charge is -2.25. The summed E-state index contributed by atoms with van der Waals surface area (Å²) >= 11 is 0. The number of likely N-dealkylation sites (tertiary alicyclic amines) is 2. The average molecular weight is 515 g/mol. The first kappa shape index (κ1) is 25.7. The van der Waals surface area contributed by atoms with Gasteiger partial charge < -0.3 is 15.1 Å². The Hall–Kier alpha value is -2.94. The van der Waals surface area contributed by atoms with E-state index < -0.39 is 6.43 Å². The number of nitrogens with zero attached hydrogens (tertiary/aromatic N) is 3. The minimum Gasteiger partial charge on any atom is -0.349 e. The maximum Gasteiger partial charge on any atom is 0.272 e. The summed E-state index contributed by atoms with van der Waals surface area (Å²) in [5.74, 6) is 0.259. The van der Waals surface area contributed by atoms with Gasteiger partial charge in [-0.1, -0.05) is 25.0 Å². The van der Waals surface area contributed by atoms with Gasteiger partial charge in [0.2, 0.25) is 5.91 Å². The summed E-state index contributed by atoms with van der Waals surface area (Å²) < 4.78 is 39.5. The molecule has 5 rings (SSSR count). The molecular formula is C28H33F3N4O2. The summed E-state index contributed by atoms with van der Waals surface area (Å²) in [6.07, 6.45) is 3.13. The zero-order valence-corrected chi connectivity index (χ0v) is 20.8. The van der Waals surface area contributed by atoms with Gasteiger partial charge in [0.25, 0.3) is 12.3 Å². The summed E-state index contributed by atoms with van der Waals surface area (Å²) in [5, 5.41) is 3.19. The fourth-order valence-corrected chi connectivity index (χ4v) is 6.10. The van der Waals surface area contributed by atoms with Crippen molar-refractivity contribution in [1.82, 2.24) is 20.1 Å². The summed E-state index contributed by atoms with van der Waals surface area (Å²) in [6, 6.07) is 8.85. The normalized spacial score (nSPS) is 23.0. The fourth-order valence-electron chi connectivity index (χ4n) is 6.10. The van der Waals surface area contributed by atoms with E-state index in [2.05, 4.69) is 15.2 Å². The van der Waals surface area contributed by atoms with Crippen LogP contribution in [0.3, 0.4) is 0 Å². The quantitative estimate of drug-likeness (QED) is 0.559. The number of pyridine rings is 1. The molecule has 0 bridgehead atoms. The number of hydrogen-bond acceptors (Lipinski definition) is 4. The van der Waals surface area contributed by atoms with Crippen molar-refractivity contribution in [2.75, 3.05) is 32.7 Å². The molecule has 0 spiro atoms. The predicted molar refractivity (Wildman–Crippen MR) is 132 cm³/mol. The summed E-state index contributed by atoms with van der Waals surface area (Å²) in [4.78, 5) is 33.8. The molecule has 0 unspecified atom stereocenters. The number of fused-ring (bicyclic) bond motifs is 1. The second kappa shape index (κ2) is 11.2. The second-order valence-corrected chi connectivity index (χ2v) is 10.7. The van der Waals surface area contributed by atoms with Crippen LogP contribution in [0.5, 0.6) is 0 Å². The number of carbonyl (C=O) groups excluding carboxylic acids is 2. The Morgan fingerprint density at radius 3 is 2.35 bits per heavy atom. The fraction of sp³-hybridized carbons (Fsp3) is 0.536. The molecule has 3 fully saturated rings.